The highest BCUT2D eigenvalue weighted by atomic mass is 16.2. The van der Waals surface area contributed by atoms with Crippen LogP contribution in [0.25, 0.3) is 0 Å². The van der Waals surface area contributed by atoms with Crippen molar-refractivity contribution in [3.8, 4) is 0 Å². The number of pyridine rings is 1. The lowest BCUT2D eigenvalue weighted by Crippen LogP contribution is -2.33. The van der Waals surface area contributed by atoms with Gasteiger partial charge in [-0.3, -0.25) is 14.6 Å². The molecule has 26 heavy (non-hydrogen) atoms. The predicted octanol–water partition coefficient (Wildman–Crippen LogP) is 2.61. The normalized spacial score (nSPS) is 11.8. The first-order valence-corrected chi connectivity index (χ1v) is 8.29. The van der Waals surface area contributed by atoms with Gasteiger partial charge in [0.15, 0.2) is 0 Å². The minimum atomic E-state index is -0.481. The fourth-order valence-corrected chi connectivity index (χ4v) is 2.70. The molecule has 0 radical (unpaired) electrons. The van der Waals surface area contributed by atoms with Gasteiger partial charge in [0.2, 0.25) is 0 Å². The average Bonchev–Trinajstić information content (AvgIpc) is 2.62. The summed E-state index contributed by atoms with van der Waals surface area (Å²) in [6.07, 6.45) is 4.68. The summed E-state index contributed by atoms with van der Waals surface area (Å²) in [4.78, 5) is 35.5. The summed E-state index contributed by atoms with van der Waals surface area (Å²) in [6, 6.07) is 9.31. The van der Waals surface area contributed by atoms with E-state index in [-0.39, 0.29) is 5.56 Å². The van der Waals surface area contributed by atoms with E-state index in [0.717, 1.165) is 16.7 Å². The van der Waals surface area contributed by atoms with E-state index in [1.807, 2.05) is 44.2 Å². The minimum absolute atomic E-state index is 0.0201. The molecule has 6 nitrogen and oxygen atoms in total. The summed E-state index contributed by atoms with van der Waals surface area (Å²) in [5.41, 5.74) is 3.57. The Hall–Kier alpha value is -3.28. The molecular formula is C20H20N4O2. The largest absolute Gasteiger partial charge is 0.341 e. The maximum Gasteiger partial charge on any atom is 0.263 e. The number of aromatic amines is 1. The van der Waals surface area contributed by atoms with Gasteiger partial charge in [-0.25, -0.2) is 4.98 Å². The van der Waals surface area contributed by atoms with Crippen LogP contribution in [0.2, 0.25) is 0 Å². The molecule has 0 fully saturated rings. The number of H-pyrrole nitrogens is 1. The standard InChI is InChI=1S/C20H20N4O2/c1-12-6-7-15(9-13(12)2)18(16-5-4-8-21-10-16)24-20(26)17-11-22-14(3)23-19(17)25/h4-11,18H,1-3H3,(H,24,26)(H,22,23,25)/t18-/m1/s1. The summed E-state index contributed by atoms with van der Waals surface area (Å²) in [5, 5.41) is 2.93. The lowest BCUT2D eigenvalue weighted by molar-refractivity contribution is 0.0941. The zero-order valence-corrected chi connectivity index (χ0v) is 14.9. The number of benzene rings is 1. The highest BCUT2D eigenvalue weighted by Crippen LogP contribution is 2.24. The summed E-state index contributed by atoms with van der Waals surface area (Å²) < 4.78 is 0. The zero-order valence-electron chi connectivity index (χ0n) is 14.9. The molecule has 2 N–H and O–H groups in total. The van der Waals surface area contributed by atoms with Crippen LogP contribution in [-0.4, -0.2) is 20.9 Å². The van der Waals surface area contributed by atoms with Crippen molar-refractivity contribution in [3.63, 3.8) is 0 Å². The Morgan fingerprint density at radius 3 is 2.54 bits per heavy atom. The molecule has 0 saturated carbocycles. The van der Waals surface area contributed by atoms with Crippen LogP contribution in [0.1, 0.15) is 44.5 Å². The fourth-order valence-electron chi connectivity index (χ4n) is 2.70. The van der Waals surface area contributed by atoms with E-state index in [9.17, 15) is 9.59 Å². The molecule has 0 aliphatic carbocycles. The first-order valence-electron chi connectivity index (χ1n) is 8.29. The maximum atomic E-state index is 12.7. The molecule has 1 amide bonds. The Bertz CT molecular complexity index is 996. The van der Waals surface area contributed by atoms with Gasteiger partial charge in [-0.05, 0) is 49.1 Å². The van der Waals surface area contributed by atoms with Gasteiger partial charge >= 0.3 is 0 Å². The number of amides is 1. The molecule has 1 atom stereocenters. The third kappa shape index (κ3) is 3.69. The fraction of sp³-hybridized carbons (Fsp3) is 0.200. The number of rotatable bonds is 4. The summed E-state index contributed by atoms with van der Waals surface area (Å²) in [5.74, 6) is -0.0182. The summed E-state index contributed by atoms with van der Waals surface area (Å²) in [7, 11) is 0. The Morgan fingerprint density at radius 1 is 1.08 bits per heavy atom. The van der Waals surface area contributed by atoms with Gasteiger partial charge in [0, 0.05) is 18.6 Å². The topological polar surface area (TPSA) is 87.7 Å². The molecule has 3 aromatic rings. The maximum absolute atomic E-state index is 12.7. The van der Waals surface area contributed by atoms with E-state index < -0.39 is 17.5 Å². The Labute approximate surface area is 151 Å². The van der Waals surface area contributed by atoms with Gasteiger partial charge in [-0.2, -0.15) is 0 Å². The third-order valence-corrected chi connectivity index (χ3v) is 4.33. The van der Waals surface area contributed by atoms with Crippen molar-refractivity contribution in [1.29, 1.82) is 0 Å². The second-order valence-corrected chi connectivity index (χ2v) is 6.25. The van der Waals surface area contributed by atoms with Gasteiger partial charge in [-0.1, -0.05) is 24.3 Å². The van der Waals surface area contributed by atoms with Crippen LogP contribution < -0.4 is 10.9 Å². The van der Waals surface area contributed by atoms with Crippen LogP contribution >= 0.6 is 0 Å². The number of hydrogen-bond acceptors (Lipinski definition) is 4. The SMILES string of the molecule is Cc1ncc(C(=O)N[C@@H](c2cccnc2)c2ccc(C)c(C)c2)c(=O)[nH]1. The average molecular weight is 348 g/mol. The van der Waals surface area contributed by atoms with Crippen molar-refractivity contribution < 1.29 is 4.79 Å². The monoisotopic (exact) mass is 348 g/mol. The van der Waals surface area contributed by atoms with Gasteiger partial charge in [0.05, 0.1) is 6.04 Å². The van der Waals surface area contributed by atoms with Crippen molar-refractivity contribution in [2.24, 2.45) is 0 Å². The van der Waals surface area contributed by atoms with Gasteiger partial charge in [0.25, 0.3) is 11.5 Å². The number of nitrogens with one attached hydrogen (secondary N) is 2. The Kier molecular flexibility index (Phi) is 4.93. The number of hydrogen-bond donors (Lipinski definition) is 2. The van der Waals surface area contributed by atoms with E-state index in [0.29, 0.717) is 5.82 Å². The number of carbonyl (C=O) groups excluding carboxylic acids is 1. The van der Waals surface area contributed by atoms with Crippen molar-refractivity contribution in [2.45, 2.75) is 26.8 Å². The zero-order chi connectivity index (χ0) is 18.7. The van der Waals surface area contributed by atoms with Crippen LogP contribution in [0.15, 0.2) is 53.7 Å². The van der Waals surface area contributed by atoms with Gasteiger partial charge < -0.3 is 10.3 Å². The predicted molar refractivity (Wildman–Crippen MR) is 99.1 cm³/mol. The van der Waals surface area contributed by atoms with E-state index in [4.69, 9.17) is 0 Å². The summed E-state index contributed by atoms with van der Waals surface area (Å²) >= 11 is 0. The second kappa shape index (κ2) is 7.31. The molecule has 0 spiro atoms. The lowest BCUT2D eigenvalue weighted by Gasteiger charge is -2.20. The number of carbonyl (C=O) groups is 1. The molecule has 0 bridgehead atoms. The van der Waals surface area contributed by atoms with Crippen molar-refractivity contribution in [3.05, 3.63) is 92.9 Å². The Balaban J connectivity index is 1.99. The number of nitrogens with zero attached hydrogens (tertiary/aromatic N) is 2. The van der Waals surface area contributed by atoms with E-state index in [1.54, 1.807) is 19.3 Å². The molecular weight excluding hydrogens is 328 g/mol. The highest BCUT2D eigenvalue weighted by molar-refractivity contribution is 5.94. The van der Waals surface area contributed by atoms with Crippen LogP contribution in [0.5, 0.6) is 0 Å². The molecule has 0 aliphatic heterocycles. The van der Waals surface area contributed by atoms with Gasteiger partial charge in [-0.15, -0.1) is 0 Å². The first-order chi connectivity index (χ1) is 12.5. The molecule has 6 heteroatoms. The lowest BCUT2D eigenvalue weighted by atomic mass is 9.96. The first kappa shape index (κ1) is 17.5. The molecule has 132 valence electrons. The minimum Gasteiger partial charge on any atom is -0.341 e. The van der Waals surface area contributed by atoms with Crippen LogP contribution in [0, 0.1) is 20.8 Å². The van der Waals surface area contributed by atoms with Crippen molar-refractivity contribution >= 4 is 5.91 Å². The van der Waals surface area contributed by atoms with E-state index in [1.165, 1.54) is 11.8 Å². The third-order valence-electron chi connectivity index (χ3n) is 4.33. The van der Waals surface area contributed by atoms with Crippen LogP contribution in [-0.2, 0) is 0 Å². The quantitative estimate of drug-likeness (QED) is 0.759. The van der Waals surface area contributed by atoms with Crippen molar-refractivity contribution in [2.75, 3.05) is 0 Å². The van der Waals surface area contributed by atoms with Crippen LogP contribution in [0.4, 0.5) is 0 Å². The second-order valence-electron chi connectivity index (χ2n) is 6.25. The Morgan fingerprint density at radius 2 is 1.88 bits per heavy atom. The van der Waals surface area contributed by atoms with E-state index in [2.05, 4.69) is 20.3 Å². The molecule has 0 saturated heterocycles. The number of aryl methyl sites for hydroxylation is 3. The molecule has 3 rings (SSSR count). The molecule has 0 aliphatic rings. The summed E-state index contributed by atoms with van der Waals surface area (Å²) in [6.45, 7) is 5.72. The smallest absolute Gasteiger partial charge is 0.263 e. The van der Waals surface area contributed by atoms with Crippen LogP contribution in [0.3, 0.4) is 0 Å². The highest BCUT2D eigenvalue weighted by Gasteiger charge is 2.20. The molecule has 0 unspecified atom stereocenters. The van der Waals surface area contributed by atoms with Crippen molar-refractivity contribution in [1.82, 2.24) is 20.3 Å². The van der Waals surface area contributed by atoms with E-state index >= 15 is 0 Å². The number of aromatic nitrogens is 3. The molecule has 2 heterocycles. The van der Waals surface area contributed by atoms with Gasteiger partial charge in [0.1, 0.15) is 11.4 Å². The molecule has 1 aromatic carbocycles. The molecule has 2 aromatic heterocycles.